The van der Waals surface area contributed by atoms with E-state index in [-0.39, 0.29) is 0 Å². The normalized spacial score (nSPS) is 20.2. The first kappa shape index (κ1) is 8.14. The second-order valence-corrected chi connectivity index (χ2v) is 8.91. The lowest BCUT2D eigenvalue weighted by molar-refractivity contribution is 0.143. The van der Waals surface area contributed by atoms with E-state index in [1.165, 1.54) is 0 Å². The molecule has 0 bridgehead atoms. The van der Waals surface area contributed by atoms with Crippen molar-refractivity contribution < 1.29 is 5.11 Å². The van der Waals surface area contributed by atoms with Gasteiger partial charge in [-0.05, 0) is 6.92 Å². The zero-order valence-electron chi connectivity index (χ0n) is 6.02. The molecule has 3 heteroatoms. The molecule has 0 aromatic carbocycles. The molecule has 0 rings (SSSR count). The zero-order valence-corrected chi connectivity index (χ0v) is 7.02. The van der Waals surface area contributed by atoms with Gasteiger partial charge in [-0.1, -0.05) is 19.6 Å². The third-order valence-corrected chi connectivity index (χ3v) is 4.56. The van der Waals surface area contributed by atoms with E-state index in [9.17, 15) is 5.11 Å². The molecule has 0 spiro atoms. The van der Waals surface area contributed by atoms with Crippen molar-refractivity contribution >= 4 is 8.07 Å². The summed E-state index contributed by atoms with van der Waals surface area (Å²) in [6, 6.07) is 0. The van der Waals surface area contributed by atoms with Gasteiger partial charge in [0, 0.05) is 0 Å². The minimum absolute atomic E-state index is 0.924. The molecule has 0 saturated carbocycles. The van der Waals surface area contributed by atoms with Crippen molar-refractivity contribution in [2.75, 3.05) is 0 Å². The standard InChI is InChI=1S/C5H15NOSi/c1-5(6,7)8(2,3)4/h7H,6H2,1-4H3. The molecule has 0 heterocycles. The van der Waals surface area contributed by atoms with Gasteiger partial charge < -0.3 is 10.8 Å². The van der Waals surface area contributed by atoms with E-state index in [0.29, 0.717) is 0 Å². The Morgan fingerprint density at radius 3 is 1.50 bits per heavy atom. The van der Waals surface area contributed by atoms with Gasteiger partial charge in [0.05, 0.1) is 13.4 Å². The molecule has 0 fully saturated rings. The topological polar surface area (TPSA) is 46.2 Å². The van der Waals surface area contributed by atoms with Crippen LogP contribution in [0.5, 0.6) is 0 Å². The summed E-state index contributed by atoms with van der Waals surface area (Å²) in [5.74, 6) is 0. The molecule has 3 N–H and O–H groups in total. The van der Waals surface area contributed by atoms with Gasteiger partial charge in [-0.2, -0.15) is 0 Å². The summed E-state index contributed by atoms with van der Waals surface area (Å²) >= 11 is 0. The molecule has 0 aliphatic carbocycles. The van der Waals surface area contributed by atoms with Crippen molar-refractivity contribution in [3.63, 3.8) is 0 Å². The SMILES string of the molecule is CC(N)(O)[Si](C)(C)C. The summed E-state index contributed by atoms with van der Waals surface area (Å²) in [4.78, 5) is 0. The Morgan fingerprint density at radius 1 is 1.38 bits per heavy atom. The van der Waals surface area contributed by atoms with Gasteiger partial charge in [-0.25, -0.2) is 0 Å². The molecule has 1 unspecified atom stereocenters. The highest BCUT2D eigenvalue weighted by Crippen LogP contribution is 2.12. The van der Waals surface area contributed by atoms with Crippen LogP contribution in [0.3, 0.4) is 0 Å². The van der Waals surface area contributed by atoms with E-state index < -0.39 is 13.4 Å². The Balaban J connectivity index is 4.02. The van der Waals surface area contributed by atoms with Crippen molar-refractivity contribution in [1.29, 1.82) is 0 Å². The van der Waals surface area contributed by atoms with Gasteiger partial charge >= 0.3 is 0 Å². The maximum Gasteiger partial charge on any atom is 0.0998 e. The molecule has 50 valence electrons. The van der Waals surface area contributed by atoms with E-state index >= 15 is 0 Å². The average molecular weight is 133 g/mol. The van der Waals surface area contributed by atoms with Crippen molar-refractivity contribution in [3.05, 3.63) is 0 Å². The molecule has 1 atom stereocenters. The molecular formula is C5H15NOSi. The van der Waals surface area contributed by atoms with E-state index in [1.54, 1.807) is 6.92 Å². The lowest BCUT2D eigenvalue weighted by atomic mass is 10.7. The van der Waals surface area contributed by atoms with Crippen LogP contribution >= 0.6 is 0 Å². The fraction of sp³-hybridized carbons (Fsp3) is 1.00. The van der Waals surface area contributed by atoms with Gasteiger partial charge in [-0.3, -0.25) is 0 Å². The second-order valence-electron chi connectivity index (χ2n) is 3.40. The minimum atomic E-state index is -1.53. The molecule has 0 aromatic heterocycles. The Kier molecular flexibility index (Phi) is 1.86. The number of hydrogen-bond acceptors (Lipinski definition) is 2. The molecule has 0 amide bonds. The molecule has 0 aliphatic heterocycles. The predicted octanol–water partition coefficient (Wildman–Crippen LogP) is 0.531. The summed E-state index contributed by atoms with van der Waals surface area (Å²) in [6.07, 6.45) is 0. The fourth-order valence-electron chi connectivity index (χ4n) is 0. The van der Waals surface area contributed by atoms with Crippen LogP contribution in [0.25, 0.3) is 0 Å². The largest absolute Gasteiger partial charge is 0.380 e. The van der Waals surface area contributed by atoms with Crippen molar-refractivity contribution in [1.82, 2.24) is 0 Å². The smallest absolute Gasteiger partial charge is 0.0998 e. The number of nitrogens with two attached hydrogens (primary N) is 1. The molecule has 0 aromatic rings. The Labute approximate surface area is 51.7 Å². The molecule has 8 heavy (non-hydrogen) atoms. The van der Waals surface area contributed by atoms with Gasteiger partial charge in [0.2, 0.25) is 0 Å². The van der Waals surface area contributed by atoms with Crippen LogP contribution in [-0.2, 0) is 0 Å². The van der Waals surface area contributed by atoms with Crippen molar-refractivity contribution in [2.45, 2.75) is 31.9 Å². The second kappa shape index (κ2) is 1.82. The maximum atomic E-state index is 9.19. The van der Waals surface area contributed by atoms with Crippen LogP contribution in [0, 0.1) is 0 Å². The van der Waals surface area contributed by atoms with Crippen LogP contribution in [0.4, 0.5) is 0 Å². The average Bonchev–Trinajstić information content (AvgIpc) is 1.25. The maximum absolute atomic E-state index is 9.19. The summed E-state index contributed by atoms with van der Waals surface area (Å²) in [6.45, 7) is 7.77. The third kappa shape index (κ3) is 1.94. The number of aliphatic hydroxyl groups is 1. The zero-order chi connectivity index (χ0) is 7.00. The van der Waals surface area contributed by atoms with Crippen LogP contribution in [0.15, 0.2) is 0 Å². The highest BCUT2D eigenvalue weighted by molar-refractivity contribution is 6.78. The van der Waals surface area contributed by atoms with Crippen molar-refractivity contribution in [3.8, 4) is 0 Å². The molecule has 2 nitrogen and oxygen atoms in total. The number of hydrogen-bond donors (Lipinski definition) is 2. The van der Waals surface area contributed by atoms with E-state index in [1.807, 2.05) is 19.6 Å². The molecule has 0 saturated heterocycles. The van der Waals surface area contributed by atoms with Crippen LogP contribution in [-0.4, -0.2) is 18.5 Å². The van der Waals surface area contributed by atoms with Crippen molar-refractivity contribution in [2.24, 2.45) is 5.73 Å². The number of rotatable bonds is 1. The molecule has 0 radical (unpaired) electrons. The van der Waals surface area contributed by atoms with Gasteiger partial charge in [0.25, 0.3) is 0 Å². The van der Waals surface area contributed by atoms with Crippen LogP contribution in [0.1, 0.15) is 6.92 Å². The monoisotopic (exact) mass is 133 g/mol. The summed E-state index contributed by atoms with van der Waals surface area (Å²) < 4.78 is 0. The highest BCUT2D eigenvalue weighted by Gasteiger charge is 2.32. The Morgan fingerprint density at radius 2 is 1.50 bits per heavy atom. The van der Waals surface area contributed by atoms with E-state index in [4.69, 9.17) is 5.73 Å². The predicted molar refractivity (Wildman–Crippen MR) is 38.2 cm³/mol. The first-order valence-corrected chi connectivity index (χ1v) is 6.26. The van der Waals surface area contributed by atoms with E-state index in [0.717, 1.165) is 0 Å². The third-order valence-electron chi connectivity index (χ3n) is 1.52. The minimum Gasteiger partial charge on any atom is -0.380 e. The Bertz CT molecular complexity index is 67.4. The summed E-state index contributed by atoms with van der Waals surface area (Å²) in [7, 11) is -1.53. The summed E-state index contributed by atoms with van der Waals surface area (Å²) in [5, 5.41) is 8.27. The van der Waals surface area contributed by atoms with Gasteiger partial charge in [0.15, 0.2) is 0 Å². The first-order valence-electron chi connectivity index (χ1n) is 2.76. The quantitative estimate of drug-likeness (QED) is 0.405. The summed E-state index contributed by atoms with van der Waals surface area (Å²) in [5.41, 5.74) is 5.43. The lowest BCUT2D eigenvalue weighted by Crippen LogP contribution is -2.56. The fourth-order valence-corrected chi connectivity index (χ4v) is 0. The lowest BCUT2D eigenvalue weighted by Gasteiger charge is -2.30. The molecular weight excluding hydrogens is 118 g/mol. The van der Waals surface area contributed by atoms with Crippen LogP contribution in [0.2, 0.25) is 19.6 Å². The Hall–Kier alpha value is 0.137. The highest BCUT2D eigenvalue weighted by atomic mass is 28.3. The van der Waals surface area contributed by atoms with Crippen LogP contribution < -0.4 is 5.73 Å². The van der Waals surface area contributed by atoms with Gasteiger partial charge in [-0.15, -0.1) is 0 Å². The molecule has 0 aliphatic rings. The van der Waals surface area contributed by atoms with E-state index in [2.05, 4.69) is 0 Å². The first-order chi connectivity index (χ1) is 3.25. The van der Waals surface area contributed by atoms with Gasteiger partial charge in [0.1, 0.15) is 0 Å².